The van der Waals surface area contributed by atoms with Crippen molar-refractivity contribution < 1.29 is 4.39 Å². The quantitative estimate of drug-likeness (QED) is 0.607. The van der Waals surface area contributed by atoms with Crippen molar-refractivity contribution in [2.75, 3.05) is 0 Å². The first kappa shape index (κ1) is 12.1. The summed E-state index contributed by atoms with van der Waals surface area (Å²) in [4.78, 5) is 4.45. The van der Waals surface area contributed by atoms with Crippen molar-refractivity contribution >= 4 is 22.5 Å². The minimum atomic E-state index is -0.350. The smallest absolute Gasteiger partial charge is 0.149 e. The van der Waals surface area contributed by atoms with Crippen LogP contribution < -0.4 is 0 Å². The molecule has 19 heavy (non-hydrogen) atoms. The van der Waals surface area contributed by atoms with Gasteiger partial charge < -0.3 is 0 Å². The summed E-state index contributed by atoms with van der Waals surface area (Å²) in [6.07, 6.45) is 0. The van der Waals surface area contributed by atoms with E-state index in [4.69, 9.17) is 11.6 Å². The van der Waals surface area contributed by atoms with Crippen LogP contribution in [0, 0.1) is 12.7 Å². The van der Waals surface area contributed by atoms with Crippen molar-refractivity contribution in [3.63, 3.8) is 0 Å². The van der Waals surface area contributed by atoms with Crippen LogP contribution in [0.15, 0.2) is 48.5 Å². The van der Waals surface area contributed by atoms with Crippen LogP contribution in [0.1, 0.15) is 5.56 Å². The lowest BCUT2D eigenvalue weighted by molar-refractivity contribution is 0.637. The van der Waals surface area contributed by atoms with Gasteiger partial charge in [0.25, 0.3) is 0 Å². The van der Waals surface area contributed by atoms with E-state index in [2.05, 4.69) is 4.98 Å². The normalized spacial score (nSPS) is 10.9. The summed E-state index contributed by atoms with van der Waals surface area (Å²) in [6, 6.07) is 14.5. The van der Waals surface area contributed by atoms with Crippen LogP contribution in [0.3, 0.4) is 0 Å². The molecule has 0 bridgehead atoms. The average molecular weight is 272 g/mol. The maximum Gasteiger partial charge on any atom is 0.149 e. The zero-order valence-corrected chi connectivity index (χ0v) is 11.1. The van der Waals surface area contributed by atoms with Crippen LogP contribution in [-0.2, 0) is 0 Å². The monoisotopic (exact) mass is 271 g/mol. The summed E-state index contributed by atoms with van der Waals surface area (Å²) in [7, 11) is 0. The highest BCUT2D eigenvalue weighted by atomic mass is 35.5. The molecular formula is C16H11ClFN. The van der Waals surface area contributed by atoms with E-state index in [0.29, 0.717) is 15.9 Å². The third-order valence-corrected chi connectivity index (χ3v) is 3.67. The van der Waals surface area contributed by atoms with Crippen molar-refractivity contribution in [3.8, 4) is 11.3 Å². The molecule has 0 aliphatic carbocycles. The standard InChI is InChI=1S/C16H11ClFN/c1-10-14(17)12-8-5-9-13(18)16(12)19-15(10)11-6-3-2-4-7-11/h2-9H,1H3. The Hall–Kier alpha value is -1.93. The molecule has 0 unspecified atom stereocenters. The van der Waals surface area contributed by atoms with Gasteiger partial charge in [0.05, 0.1) is 10.7 Å². The zero-order valence-electron chi connectivity index (χ0n) is 10.3. The minimum absolute atomic E-state index is 0.317. The van der Waals surface area contributed by atoms with E-state index in [9.17, 15) is 4.39 Å². The Bertz CT molecular complexity index is 754. The fourth-order valence-corrected chi connectivity index (χ4v) is 2.43. The summed E-state index contributed by atoms with van der Waals surface area (Å²) in [5, 5.41) is 1.21. The maximum atomic E-state index is 13.9. The van der Waals surface area contributed by atoms with Gasteiger partial charge >= 0.3 is 0 Å². The SMILES string of the molecule is Cc1c(-c2ccccc2)nc2c(F)cccc2c1Cl. The van der Waals surface area contributed by atoms with Gasteiger partial charge in [-0.15, -0.1) is 0 Å². The van der Waals surface area contributed by atoms with E-state index in [1.165, 1.54) is 6.07 Å². The van der Waals surface area contributed by atoms with Gasteiger partial charge in [-0.2, -0.15) is 0 Å². The number of benzene rings is 2. The second kappa shape index (κ2) is 4.63. The van der Waals surface area contributed by atoms with Gasteiger partial charge in [-0.1, -0.05) is 54.1 Å². The summed E-state index contributed by atoms with van der Waals surface area (Å²) in [6.45, 7) is 1.90. The first-order valence-electron chi connectivity index (χ1n) is 5.98. The van der Waals surface area contributed by atoms with E-state index in [1.807, 2.05) is 37.3 Å². The van der Waals surface area contributed by atoms with Gasteiger partial charge in [-0.05, 0) is 18.6 Å². The fraction of sp³-hybridized carbons (Fsp3) is 0.0625. The van der Waals surface area contributed by atoms with Crippen molar-refractivity contribution in [3.05, 3.63) is 64.9 Å². The van der Waals surface area contributed by atoms with Crippen LogP contribution >= 0.6 is 11.6 Å². The van der Waals surface area contributed by atoms with Crippen LogP contribution in [-0.4, -0.2) is 4.98 Å². The van der Waals surface area contributed by atoms with Gasteiger partial charge in [0, 0.05) is 10.9 Å². The number of pyridine rings is 1. The van der Waals surface area contributed by atoms with E-state index in [0.717, 1.165) is 16.8 Å². The summed E-state index contributed by atoms with van der Waals surface area (Å²) in [5.41, 5.74) is 2.85. The van der Waals surface area contributed by atoms with E-state index < -0.39 is 0 Å². The third-order valence-electron chi connectivity index (χ3n) is 3.18. The first-order chi connectivity index (χ1) is 9.18. The molecule has 1 heterocycles. The number of aromatic nitrogens is 1. The third kappa shape index (κ3) is 1.98. The van der Waals surface area contributed by atoms with E-state index >= 15 is 0 Å². The molecule has 1 aromatic heterocycles. The molecule has 0 radical (unpaired) electrons. The number of nitrogens with zero attached hydrogens (tertiary/aromatic N) is 1. The highest BCUT2D eigenvalue weighted by Crippen LogP contribution is 2.33. The lowest BCUT2D eigenvalue weighted by atomic mass is 10.0. The Morgan fingerprint density at radius 2 is 1.74 bits per heavy atom. The lowest BCUT2D eigenvalue weighted by Gasteiger charge is -2.10. The molecule has 0 fully saturated rings. The molecule has 1 nitrogen and oxygen atoms in total. The Morgan fingerprint density at radius 3 is 2.47 bits per heavy atom. The molecule has 0 aliphatic rings. The Morgan fingerprint density at radius 1 is 1.00 bits per heavy atom. The van der Waals surface area contributed by atoms with Crippen molar-refractivity contribution in [1.29, 1.82) is 0 Å². The Balaban J connectivity index is 2.39. The van der Waals surface area contributed by atoms with Gasteiger partial charge in [0.15, 0.2) is 0 Å². The summed E-state index contributed by atoms with van der Waals surface area (Å²) < 4.78 is 13.9. The summed E-state index contributed by atoms with van der Waals surface area (Å²) in [5.74, 6) is -0.350. The van der Waals surface area contributed by atoms with E-state index in [-0.39, 0.29) is 5.82 Å². The molecule has 0 amide bonds. The fourth-order valence-electron chi connectivity index (χ4n) is 2.18. The molecule has 94 valence electrons. The Labute approximate surface area is 115 Å². The second-order valence-electron chi connectivity index (χ2n) is 4.40. The number of hydrogen-bond acceptors (Lipinski definition) is 1. The number of halogens is 2. The van der Waals surface area contributed by atoms with Crippen molar-refractivity contribution in [2.45, 2.75) is 6.92 Å². The Kier molecular flexibility index (Phi) is 2.96. The predicted octanol–water partition coefficient (Wildman–Crippen LogP) is 5.00. The van der Waals surface area contributed by atoms with Gasteiger partial charge in [0.1, 0.15) is 11.3 Å². The van der Waals surface area contributed by atoms with Crippen LogP contribution in [0.5, 0.6) is 0 Å². The van der Waals surface area contributed by atoms with Crippen LogP contribution in [0.25, 0.3) is 22.2 Å². The molecule has 0 N–H and O–H groups in total. The van der Waals surface area contributed by atoms with Crippen LogP contribution in [0.2, 0.25) is 5.02 Å². The molecule has 0 spiro atoms. The molecule has 0 atom stereocenters. The number of para-hydroxylation sites is 1. The molecule has 3 aromatic rings. The van der Waals surface area contributed by atoms with Crippen molar-refractivity contribution in [2.24, 2.45) is 0 Å². The molecule has 0 aliphatic heterocycles. The second-order valence-corrected chi connectivity index (χ2v) is 4.78. The first-order valence-corrected chi connectivity index (χ1v) is 6.36. The molecule has 0 saturated heterocycles. The number of hydrogen-bond donors (Lipinski definition) is 0. The maximum absolute atomic E-state index is 13.9. The lowest BCUT2D eigenvalue weighted by Crippen LogP contribution is -1.94. The largest absolute Gasteiger partial charge is 0.244 e. The zero-order chi connectivity index (χ0) is 13.4. The molecule has 0 saturated carbocycles. The van der Waals surface area contributed by atoms with Gasteiger partial charge in [-0.3, -0.25) is 0 Å². The highest BCUT2D eigenvalue weighted by Gasteiger charge is 2.13. The molecular weight excluding hydrogens is 261 g/mol. The number of fused-ring (bicyclic) bond motifs is 1. The molecule has 3 rings (SSSR count). The van der Waals surface area contributed by atoms with Crippen molar-refractivity contribution in [1.82, 2.24) is 4.98 Å². The highest BCUT2D eigenvalue weighted by molar-refractivity contribution is 6.36. The van der Waals surface area contributed by atoms with Gasteiger partial charge in [-0.25, -0.2) is 9.37 Å². The predicted molar refractivity (Wildman–Crippen MR) is 76.9 cm³/mol. The average Bonchev–Trinajstić information content (AvgIpc) is 2.44. The van der Waals surface area contributed by atoms with Gasteiger partial charge in [0.2, 0.25) is 0 Å². The topological polar surface area (TPSA) is 12.9 Å². The number of rotatable bonds is 1. The molecule has 2 aromatic carbocycles. The summed E-state index contributed by atoms with van der Waals surface area (Å²) >= 11 is 6.35. The van der Waals surface area contributed by atoms with Crippen LogP contribution in [0.4, 0.5) is 4.39 Å². The van der Waals surface area contributed by atoms with E-state index in [1.54, 1.807) is 12.1 Å². The molecule has 3 heteroatoms. The minimum Gasteiger partial charge on any atom is -0.244 e.